The lowest BCUT2D eigenvalue weighted by atomic mass is 10.1. The highest BCUT2D eigenvalue weighted by Crippen LogP contribution is 2.11. The van der Waals surface area contributed by atoms with E-state index in [0.717, 1.165) is 19.4 Å². The van der Waals surface area contributed by atoms with Crippen LogP contribution in [0.3, 0.4) is 0 Å². The van der Waals surface area contributed by atoms with Gasteiger partial charge in [-0.15, -0.1) is 0 Å². The van der Waals surface area contributed by atoms with E-state index in [9.17, 15) is 0 Å². The van der Waals surface area contributed by atoms with E-state index in [1.807, 2.05) is 0 Å². The van der Waals surface area contributed by atoms with Crippen LogP contribution in [-0.4, -0.2) is 6.54 Å². The zero-order valence-corrected chi connectivity index (χ0v) is 8.78. The van der Waals surface area contributed by atoms with Crippen LogP contribution >= 0.6 is 0 Å². The predicted molar refractivity (Wildman–Crippen MR) is 56.1 cm³/mol. The average Bonchev–Trinajstić information content (AvgIpc) is 2.06. The summed E-state index contributed by atoms with van der Waals surface area (Å²) in [4.78, 5) is 0. The highest BCUT2D eigenvalue weighted by atomic mass is 14.9. The van der Waals surface area contributed by atoms with Gasteiger partial charge in [0.2, 0.25) is 0 Å². The first-order chi connectivity index (χ1) is 5.76. The summed E-state index contributed by atoms with van der Waals surface area (Å²) in [6.07, 6.45) is 6.55. The third kappa shape index (κ3) is 4.22. The molecule has 0 saturated carbocycles. The van der Waals surface area contributed by atoms with Gasteiger partial charge in [-0.2, -0.15) is 0 Å². The van der Waals surface area contributed by atoms with Gasteiger partial charge in [-0.1, -0.05) is 19.1 Å². The summed E-state index contributed by atoms with van der Waals surface area (Å²) in [5.74, 6) is 0. The molecule has 0 unspecified atom stereocenters. The Morgan fingerprint density at radius 3 is 2.42 bits per heavy atom. The van der Waals surface area contributed by atoms with Crippen molar-refractivity contribution >= 4 is 0 Å². The van der Waals surface area contributed by atoms with Gasteiger partial charge in [-0.3, -0.25) is 0 Å². The molecule has 0 amide bonds. The largest absolute Gasteiger partial charge is 0.389 e. The summed E-state index contributed by atoms with van der Waals surface area (Å²) in [5, 5.41) is 3.35. The molecule has 0 rings (SSSR count). The van der Waals surface area contributed by atoms with Gasteiger partial charge in [0.05, 0.1) is 0 Å². The van der Waals surface area contributed by atoms with Gasteiger partial charge in [0.25, 0.3) is 0 Å². The van der Waals surface area contributed by atoms with Gasteiger partial charge < -0.3 is 5.32 Å². The Morgan fingerprint density at radius 2 is 2.00 bits per heavy atom. The molecule has 1 heteroatoms. The van der Waals surface area contributed by atoms with Crippen LogP contribution in [0.1, 0.15) is 40.5 Å². The molecule has 0 aromatic heterocycles. The zero-order chi connectivity index (χ0) is 9.40. The molecular formula is C11H21N. The molecular weight excluding hydrogens is 146 g/mol. The van der Waals surface area contributed by atoms with E-state index in [0.29, 0.717) is 0 Å². The van der Waals surface area contributed by atoms with Crippen LogP contribution in [0.4, 0.5) is 0 Å². The van der Waals surface area contributed by atoms with E-state index >= 15 is 0 Å². The third-order valence-corrected chi connectivity index (χ3v) is 2.00. The molecule has 0 atom stereocenters. The Bertz CT molecular complexity index is 166. The number of allylic oxidation sites excluding steroid dienone is 4. The van der Waals surface area contributed by atoms with Crippen molar-refractivity contribution in [3.63, 3.8) is 0 Å². The summed E-state index contributed by atoms with van der Waals surface area (Å²) in [7, 11) is 0. The van der Waals surface area contributed by atoms with E-state index in [2.05, 4.69) is 45.2 Å². The monoisotopic (exact) mass is 167 g/mol. The molecule has 0 radical (unpaired) electrons. The van der Waals surface area contributed by atoms with Gasteiger partial charge in [0, 0.05) is 12.2 Å². The van der Waals surface area contributed by atoms with Crippen molar-refractivity contribution in [2.45, 2.75) is 40.5 Å². The van der Waals surface area contributed by atoms with Gasteiger partial charge in [-0.05, 0) is 39.2 Å². The molecule has 0 heterocycles. The summed E-state index contributed by atoms with van der Waals surface area (Å²) in [5.41, 5.74) is 2.85. The van der Waals surface area contributed by atoms with E-state index in [4.69, 9.17) is 0 Å². The number of nitrogens with one attached hydrogen (secondary N) is 1. The average molecular weight is 167 g/mol. The maximum absolute atomic E-state index is 3.35. The second-order valence-electron chi connectivity index (χ2n) is 2.89. The van der Waals surface area contributed by atoms with Crippen LogP contribution in [0, 0.1) is 0 Å². The van der Waals surface area contributed by atoms with Crippen molar-refractivity contribution in [2.24, 2.45) is 0 Å². The van der Waals surface area contributed by atoms with Crippen molar-refractivity contribution in [2.75, 3.05) is 6.54 Å². The standard InChI is InChI=1S/C11H21N/c1-5-8-9-11(6-2)10(4)12-7-3/h5,8,12H,6-7,9H2,1-4H3/b8-5-,11-10-. The maximum atomic E-state index is 3.35. The van der Waals surface area contributed by atoms with Crippen LogP contribution < -0.4 is 5.32 Å². The smallest absolute Gasteiger partial charge is 0.0115 e. The molecule has 0 aliphatic carbocycles. The maximum Gasteiger partial charge on any atom is 0.0115 e. The highest BCUT2D eigenvalue weighted by Gasteiger charge is 1.96. The van der Waals surface area contributed by atoms with E-state index in [1.54, 1.807) is 0 Å². The lowest BCUT2D eigenvalue weighted by Gasteiger charge is -2.09. The summed E-state index contributed by atoms with van der Waals surface area (Å²) >= 11 is 0. The van der Waals surface area contributed by atoms with E-state index < -0.39 is 0 Å². The third-order valence-electron chi connectivity index (χ3n) is 2.00. The Hall–Kier alpha value is -0.720. The van der Waals surface area contributed by atoms with Crippen molar-refractivity contribution in [3.05, 3.63) is 23.4 Å². The normalized spacial score (nSPS) is 13.3. The molecule has 0 bridgehead atoms. The van der Waals surface area contributed by atoms with Crippen LogP contribution in [0.2, 0.25) is 0 Å². The van der Waals surface area contributed by atoms with E-state index in [1.165, 1.54) is 11.3 Å². The molecule has 1 N–H and O–H groups in total. The quantitative estimate of drug-likeness (QED) is 0.620. The van der Waals surface area contributed by atoms with Crippen LogP contribution in [-0.2, 0) is 0 Å². The fourth-order valence-corrected chi connectivity index (χ4v) is 1.21. The van der Waals surface area contributed by atoms with Crippen LogP contribution in [0.15, 0.2) is 23.4 Å². The Labute approximate surface area is 76.6 Å². The van der Waals surface area contributed by atoms with Gasteiger partial charge >= 0.3 is 0 Å². The van der Waals surface area contributed by atoms with Crippen LogP contribution in [0.25, 0.3) is 0 Å². The molecule has 0 fully saturated rings. The molecule has 12 heavy (non-hydrogen) atoms. The Balaban J connectivity index is 4.17. The molecule has 0 saturated heterocycles. The minimum Gasteiger partial charge on any atom is -0.389 e. The minimum atomic E-state index is 1.02. The molecule has 0 spiro atoms. The molecule has 0 aliphatic rings. The lowest BCUT2D eigenvalue weighted by Crippen LogP contribution is -2.11. The number of hydrogen-bond donors (Lipinski definition) is 1. The zero-order valence-electron chi connectivity index (χ0n) is 8.78. The fraction of sp³-hybridized carbons (Fsp3) is 0.636. The van der Waals surface area contributed by atoms with Gasteiger partial charge in [-0.25, -0.2) is 0 Å². The SMILES string of the molecule is C/C=C\C/C(CC)=C(/C)NCC. The first-order valence-corrected chi connectivity index (χ1v) is 4.79. The lowest BCUT2D eigenvalue weighted by molar-refractivity contribution is 0.813. The Morgan fingerprint density at radius 1 is 1.33 bits per heavy atom. The van der Waals surface area contributed by atoms with Crippen molar-refractivity contribution in [3.8, 4) is 0 Å². The second-order valence-corrected chi connectivity index (χ2v) is 2.89. The Kier molecular flexibility index (Phi) is 6.54. The van der Waals surface area contributed by atoms with Crippen molar-refractivity contribution in [1.29, 1.82) is 0 Å². The number of rotatable bonds is 5. The minimum absolute atomic E-state index is 1.02. The summed E-state index contributed by atoms with van der Waals surface area (Å²) in [6, 6.07) is 0. The van der Waals surface area contributed by atoms with Crippen molar-refractivity contribution < 1.29 is 0 Å². The molecule has 0 aromatic carbocycles. The highest BCUT2D eigenvalue weighted by molar-refractivity contribution is 5.13. The summed E-state index contributed by atoms with van der Waals surface area (Å²) in [6.45, 7) is 9.58. The fourth-order valence-electron chi connectivity index (χ4n) is 1.21. The van der Waals surface area contributed by atoms with Crippen LogP contribution in [0.5, 0.6) is 0 Å². The first kappa shape index (κ1) is 11.3. The number of hydrogen-bond acceptors (Lipinski definition) is 1. The van der Waals surface area contributed by atoms with Gasteiger partial charge in [0.15, 0.2) is 0 Å². The molecule has 0 aromatic rings. The first-order valence-electron chi connectivity index (χ1n) is 4.79. The topological polar surface area (TPSA) is 12.0 Å². The second kappa shape index (κ2) is 6.96. The summed E-state index contributed by atoms with van der Waals surface area (Å²) < 4.78 is 0. The van der Waals surface area contributed by atoms with E-state index in [-0.39, 0.29) is 0 Å². The molecule has 1 nitrogen and oxygen atoms in total. The molecule has 70 valence electrons. The predicted octanol–water partition coefficient (Wildman–Crippen LogP) is 3.25. The molecule has 0 aliphatic heterocycles. The van der Waals surface area contributed by atoms with Gasteiger partial charge in [0.1, 0.15) is 0 Å². The van der Waals surface area contributed by atoms with Crippen molar-refractivity contribution in [1.82, 2.24) is 5.32 Å².